The zero-order chi connectivity index (χ0) is 19.9. The van der Waals surface area contributed by atoms with Crippen molar-refractivity contribution in [3.05, 3.63) is 70.5 Å². The lowest BCUT2D eigenvalue weighted by atomic mass is 10.1. The summed E-state index contributed by atoms with van der Waals surface area (Å²) in [5, 5.41) is 15.1. The van der Waals surface area contributed by atoms with E-state index in [0.717, 1.165) is 23.3 Å². The molecule has 0 atom stereocenters. The van der Waals surface area contributed by atoms with Gasteiger partial charge in [0, 0.05) is 13.1 Å². The summed E-state index contributed by atoms with van der Waals surface area (Å²) in [6.45, 7) is 2.31. The van der Waals surface area contributed by atoms with Crippen LogP contribution in [0.3, 0.4) is 0 Å². The van der Waals surface area contributed by atoms with Gasteiger partial charge in [0.05, 0.1) is 18.7 Å². The number of aliphatic hydroxyl groups excluding tert-OH is 1. The number of nitrogens with one attached hydrogen (secondary N) is 2. The van der Waals surface area contributed by atoms with Crippen LogP contribution >= 0.6 is 24.0 Å². The van der Waals surface area contributed by atoms with Crippen LogP contribution in [0.4, 0.5) is 17.6 Å². The van der Waals surface area contributed by atoms with Crippen LogP contribution in [0.15, 0.2) is 47.5 Å². The molecule has 0 saturated heterocycles. The minimum atomic E-state index is -4.64. The Morgan fingerprint density at radius 2 is 1.71 bits per heavy atom. The van der Waals surface area contributed by atoms with E-state index in [4.69, 9.17) is 0 Å². The van der Waals surface area contributed by atoms with Crippen LogP contribution in [0.2, 0.25) is 0 Å². The van der Waals surface area contributed by atoms with Crippen LogP contribution in [0, 0.1) is 5.82 Å². The molecule has 0 saturated carbocycles. The highest BCUT2D eigenvalue weighted by Crippen LogP contribution is 2.32. The molecule has 28 heavy (non-hydrogen) atoms. The summed E-state index contributed by atoms with van der Waals surface area (Å²) in [6, 6.07) is 9.80. The van der Waals surface area contributed by atoms with Crippen LogP contribution in [-0.4, -0.2) is 17.6 Å². The molecule has 0 heterocycles. The van der Waals surface area contributed by atoms with E-state index < -0.39 is 17.6 Å². The van der Waals surface area contributed by atoms with E-state index in [-0.39, 0.29) is 49.2 Å². The van der Waals surface area contributed by atoms with Crippen molar-refractivity contribution in [3.8, 4) is 0 Å². The van der Waals surface area contributed by atoms with Gasteiger partial charge >= 0.3 is 6.18 Å². The van der Waals surface area contributed by atoms with Crippen molar-refractivity contribution in [1.82, 2.24) is 10.6 Å². The molecule has 0 aliphatic carbocycles. The number of guanidine groups is 1. The lowest BCUT2D eigenvalue weighted by molar-refractivity contribution is -0.138. The zero-order valence-corrected chi connectivity index (χ0v) is 17.5. The van der Waals surface area contributed by atoms with Crippen molar-refractivity contribution < 1.29 is 22.7 Å². The number of hydrogen-bond donors (Lipinski definition) is 3. The van der Waals surface area contributed by atoms with Crippen molar-refractivity contribution in [2.75, 3.05) is 6.54 Å². The van der Waals surface area contributed by atoms with Gasteiger partial charge in [0.1, 0.15) is 5.82 Å². The third-order valence-corrected chi connectivity index (χ3v) is 3.86. The summed E-state index contributed by atoms with van der Waals surface area (Å²) in [7, 11) is 0. The quantitative estimate of drug-likeness (QED) is 0.236. The second-order valence-corrected chi connectivity index (χ2v) is 5.77. The van der Waals surface area contributed by atoms with Crippen LogP contribution in [0.25, 0.3) is 0 Å². The molecular formula is C19H22F4IN3O. The molecule has 4 nitrogen and oxygen atoms in total. The summed E-state index contributed by atoms with van der Waals surface area (Å²) < 4.78 is 52.5. The fourth-order valence-electron chi connectivity index (χ4n) is 2.52. The van der Waals surface area contributed by atoms with E-state index in [1.165, 1.54) is 0 Å². The minimum Gasteiger partial charge on any atom is -0.392 e. The number of benzene rings is 2. The predicted molar refractivity (Wildman–Crippen MR) is 111 cm³/mol. The predicted octanol–water partition coefficient (Wildman–Crippen LogP) is 4.21. The second kappa shape index (κ2) is 11.2. The Morgan fingerprint density at radius 3 is 2.32 bits per heavy atom. The van der Waals surface area contributed by atoms with Crippen LogP contribution < -0.4 is 10.6 Å². The van der Waals surface area contributed by atoms with Gasteiger partial charge in [0.2, 0.25) is 0 Å². The summed E-state index contributed by atoms with van der Waals surface area (Å²) >= 11 is 0. The smallest absolute Gasteiger partial charge is 0.392 e. The lowest BCUT2D eigenvalue weighted by Gasteiger charge is -2.16. The first-order chi connectivity index (χ1) is 12.8. The van der Waals surface area contributed by atoms with E-state index in [0.29, 0.717) is 18.6 Å². The van der Waals surface area contributed by atoms with E-state index >= 15 is 0 Å². The molecule has 0 aliphatic heterocycles. The first kappa shape index (κ1) is 24.2. The van der Waals surface area contributed by atoms with Crippen molar-refractivity contribution in [3.63, 3.8) is 0 Å². The van der Waals surface area contributed by atoms with Gasteiger partial charge in [-0.15, -0.1) is 24.0 Å². The summed E-state index contributed by atoms with van der Waals surface area (Å²) in [6.07, 6.45) is -4.64. The fourth-order valence-corrected chi connectivity index (χ4v) is 2.52. The molecule has 154 valence electrons. The number of hydrogen-bond acceptors (Lipinski definition) is 2. The Balaban J connectivity index is 0.00000392. The SMILES string of the molecule is CCNC(=NCc1ccccc1CO)NCc1ccc(F)cc1C(F)(F)F.I. The average Bonchev–Trinajstić information content (AvgIpc) is 2.64. The minimum absolute atomic E-state index is 0. The normalized spacial score (nSPS) is 11.7. The standard InChI is InChI=1S/C19H21F4N3O.HI/c1-2-24-18(25-10-13-5-3-4-6-15(13)12-27)26-11-14-7-8-16(20)9-17(14)19(21,22)23;/h3-9,27H,2,10-12H2,1H3,(H2,24,25,26);1H. The molecule has 2 aromatic carbocycles. The van der Waals surface area contributed by atoms with Gasteiger partial charge in [-0.05, 0) is 35.7 Å². The summed E-state index contributed by atoms with van der Waals surface area (Å²) in [5.41, 5.74) is 0.451. The van der Waals surface area contributed by atoms with E-state index in [1.807, 2.05) is 19.1 Å². The largest absolute Gasteiger partial charge is 0.416 e. The first-order valence-electron chi connectivity index (χ1n) is 8.40. The molecule has 0 amide bonds. The van der Waals surface area contributed by atoms with Gasteiger partial charge in [-0.2, -0.15) is 13.2 Å². The summed E-state index contributed by atoms with van der Waals surface area (Å²) in [5.74, 6) is -0.616. The van der Waals surface area contributed by atoms with Crippen molar-refractivity contribution in [1.29, 1.82) is 0 Å². The van der Waals surface area contributed by atoms with Crippen molar-refractivity contribution in [2.24, 2.45) is 4.99 Å². The zero-order valence-electron chi connectivity index (χ0n) is 15.2. The number of alkyl halides is 3. The average molecular weight is 511 g/mol. The second-order valence-electron chi connectivity index (χ2n) is 5.77. The number of halogens is 5. The number of aliphatic imine (C=N–C) groups is 1. The number of aliphatic hydroxyl groups is 1. The topological polar surface area (TPSA) is 56.7 Å². The van der Waals surface area contributed by atoms with Crippen LogP contribution in [-0.2, 0) is 25.9 Å². The third kappa shape index (κ3) is 6.93. The Hall–Kier alpha value is -1.88. The van der Waals surface area contributed by atoms with E-state index in [1.54, 1.807) is 12.1 Å². The Bertz CT molecular complexity index is 797. The Kier molecular flexibility index (Phi) is 9.66. The molecule has 0 fully saturated rings. The maximum atomic E-state index is 13.2. The molecule has 0 spiro atoms. The lowest BCUT2D eigenvalue weighted by Crippen LogP contribution is -2.37. The number of rotatable bonds is 6. The molecule has 3 N–H and O–H groups in total. The van der Waals surface area contributed by atoms with Gasteiger partial charge in [-0.1, -0.05) is 30.3 Å². The monoisotopic (exact) mass is 511 g/mol. The van der Waals surface area contributed by atoms with Gasteiger partial charge in [-0.25, -0.2) is 9.38 Å². The molecule has 0 radical (unpaired) electrons. The van der Waals surface area contributed by atoms with E-state index in [2.05, 4.69) is 15.6 Å². The van der Waals surface area contributed by atoms with Crippen LogP contribution in [0.1, 0.15) is 29.2 Å². The molecule has 0 aliphatic rings. The molecule has 9 heteroatoms. The van der Waals surface area contributed by atoms with Gasteiger partial charge in [0.15, 0.2) is 5.96 Å². The summed E-state index contributed by atoms with van der Waals surface area (Å²) in [4.78, 5) is 4.34. The highest BCUT2D eigenvalue weighted by molar-refractivity contribution is 14.0. The third-order valence-electron chi connectivity index (χ3n) is 3.86. The van der Waals surface area contributed by atoms with Gasteiger partial charge in [0.25, 0.3) is 0 Å². The van der Waals surface area contributed by atoms with E-state index in [9.17, 15) is 22.7 Å². The molecule has 0 aromatic heterocycles. The maximum Gasteiger partial charge on any atom is 0.416 e. The Morgan fingerprint density at radius 1 is 1.04 bits per heavy atom. The van der Waals surface area contributed by atoms with Gasteiger partial charge in [-0.3, -0.25) is 0 Å². The maximum absolute atomic E-state index is 13.2. The van der Waals surface area contributed by atoms with Crippen molar-refractivity contribution in [2.45, 2.75) is 32.8 Å². The fraction of sp³-hybridized carbons (Fsp3) is 0.316. The molecular weight excluding hydrogens is 489 g/mol. The first-order valence-corrected chi connectivity index (χ1v) is 8.40. The molecule has 2 aromatic rings. The van der Waals surface area contributed by atoms with Gasteiger partial charge < -0.3 is 15.7 Å². The van der Waals surface area contributed by atoms with Crippen LogP contribution in [0.5, 0.6) is 0 Å². The highest BCUT2D eigenvalue weighted by atomic mass is 127. The Labute approximate surface area is 178 Å². The molecule has 0 unspecified atom stereocenters. The molecule has 2 rings (SSSR count). The molecule has 0 bridgehead atoms. The number of nitrogens with zero attached hydrogens (tertiary/aromatic N) is 1. The van der Waals surface area contributed by atoms with Crippen molar-refractivity contribution >= 4 is 29.9 Å². The highest BCUT2D eigenvalue weighted by Gasteiger charge is 2.33.